The number of azide groups is 2. The first-order valence-electron chi connectivity index (χ1n) is 31.5. The van der Waals surface area contributed by atoms with Gasteiger partial charge in [0.1, 0.15) is 73.1 Å². The van der Waals surface area contributed by atoms with Crippen molar-refractivity contribution in [2.45, 2.75) is 155 Å². The van der Waals surface area contributed by atoms with E-state index in [0.29, 0.717) is 27.8 Å². The van der Waals surface area contributed by atoms with Crippen LogP contribution in [0.1, 0.15) is 34.1 Å². The van der Waals surface area contributed by atoms with Crippen molar-refractivity contribution in [1.82, 2.24) is 0 Å². The van der Waals surface area contributed by atoms with Crippen LogP contribution in [-0.4, -0.2) is 208 Å². The summed E-state index contributed by atoms with van der Waals surface area (Å²) in [6.07, 6.45) is -35.6. The molecule has 39 heteroatoms. The third-order valence-corrected chi connectivity index (χ3v) is 17.8. The average Bonchev–Trinajstić information content (AvgIpc) is 0.760. The van der Waals surface area contributed by atoms with Crippen LogP contribution >= 0.6 is 0 Å². The summed E-state index contributed by atoms with van der Waals surface area (Å²) >= 11 is 0. The molecule has 556 valence electrons. The van der Waals surface area contributed by atoms with Crippen molar-refractivity contribution in [3.63, 3.8) is 0 Å². The van der Waals surface area contributed by atoms with Crippen LogP contribution < -0.4 is 0 Å². The zero-order valence-corrected chi connectivity index (χ0v) is 57.0. The number of methoxy groups -OCH3 is 2. The minimum atomic E-state index is -5.82. The predicted octanol–water partition coefficient (Wildman–Crippen LogP) is 5.60. The molecule has 5 aliphatic heterocycles. The molecule has 0 bridgehead atoms. The summed E-state index contributed by atoms with van der Waals surface area (Å²) in [5.74, 6) is -2.59. The molecule has 21 atom stereocenters. The average molecular weight is 1500 g/mol. The largest absolute Gasteiger partial charge is 0.467 e. The van der Waals surface area contributed by atoms with Crippen LogP contribution in [0.15, 0.2) is 175 Å². The molecule has 5 aliphatic rings. The molecule has 0 aromatic heterocycles. The Morgan fingerprint density at radius 1 is 0.495 bits per heavy atom. The van der Waals surface area contributed by atoms with E-state index in [-0.39, 0.29) is 13.2 Å². The van der Waals surface area contributed by atoms with Crippen molar-refractivity contribution < 1.29 is 137 Å². The maximum Gasteiger partial charge on any atom is 0.397 e. The van der Waals surface area contributed by atoms with Gasteiger partial charge in [-0.25, -0.2) is 22.1 Å². The van der Waals surface area contributed by atoms with Crippen molar-refractivity contribution in [3.8, 4) is 0 Å². The minimum absolute atomic E-state index is 0.112. The number of ether oxygens (including phenoxy) is 16. The maximum absolute atomic E-state index is 14.7. The van der Waals surface area contributed by atoms with Gasteiger partial charge in [-0.05, 0) is 33.3 Å². The first-order valence-corrected chi connectivity index (χ1v) is 35.6. The zero-order valence-electron chi connectivity index (χ0n) is 54.6. The number of fused-ring (bicyclic) bond motifs is 1. The molecule has 0 amide bonds. The molecule has 0 unspecified atom stereocenters. The summed E-state index contributed by atoms with van der Waals surface area (Å²) in [5.41, 5.74) is 23.3. The first kappa shape index (κ1) is 78.0. The second kappa shape index (κ2) is 36.4. The molecule has 5 aromatic carbocycles. The summed E-state index contributed by atoms with van der Waals surface area (Å²) in [7, 11) is -15.0. The van der Waals surface area contributed by atoms with Crippen LogP contribution in [0.5, 0.6) is 0 Å². The van der Waals surface area contributed by atoms with Gasteiger partial charge in [0.05, 0.1) is 60.5 Å². The fourth-order valence-electron chi connectivity index (χ4n) is 12.0. The monoisotopic (exact) mass is 1500 g/mol. The van der Waals surface area contributed by atoms with Crippen molar-refractivity contribution in [1.29, 1.82) is 0 Å². The van der Waals surface area contributed by atoms with Gasteiger partial charge in [0.15, 0.2) is 55.9 Å². The lowest BCUT2D eigenvalue weighted by molar-refractivity contribution is -0.382. The van der Waals surface area contributed by atoms with Crippen LogP contribution in [0, 0.1) is 0 Å². The van der Waals surface area contributed by atoms with Crippen molar-refractivity contribution in [2.75, 3.05) is 34.0 Å². The molecular formula is C64H72N6O30S3. The number of nitrogens with zero attached hydrogens (tertiary/aromatic N) is 6. The lowest BCUT2D eigenvalue weighted by Crippen LogP contribution is -2.69. The second-order valence-corrected chi connectivity index (χ2v) is 26.4. The van der Waals surface area contributed by atoms with Gasteiger partial charge in [0.2, 0.25) is 0 Å². The van der Waals surface area contributed by atoms with Crippen LogP contribution in [0.4, 0.5) is 0 Å². The van der Waals surface area contributed by atoms with Crippen LogP contribution in [0.2, 0.25) is 0 Å². The quantitative estimate of drug-likeness (QED) is 0.0115. The van der Waals surface area contributed by atoms with Crippen molar-refractivity contribution in [2.24, 2.45) is 10.2 Å². The van der Waals surface area contributed by atoms with E-state index < -0.39 is 205 Å². The summed E-state index contributed by atoms with van der Waals surface area (Å²) < 4.78 is 225. The fourth-order valence-corrected chi connectivity index (χ4v) is 13.3. The number of carbonyl (C=O) groups excluding carboxylic acids is 2. The Kier molecular flexibility index (Phi) is 27.6. The molecular weight excluding hydrogens is 1430 g/mol. The number of benzene rings is 5. The molecule has 0 saturated carbocycles. The van der Waals surface area contributed by atoms with E-state index >= 15 is 0 Å². The third-order valence-electron chi connectivity index (χ3n) is 16.5. The minimum Gasteiger partial charge on any atom is -0.467 e. The molecule has 0 aliphatic carbocycles. The van der Waals surface area contributed by atoms with E-state index in [2.05, 4.69) is 26.6 Å². The Hall–Kier alpha value is -7.55. The van der Waals surface area contributed by atoms with E-state index in [1.165, 1.54) is 6.08 Å². The standard InChI is InChI=1S/C64H72N6O30S3/c1-4-30-84-63-56(99-102(76,77)78)50(87-33-39-24-14-7-15-25-39)52(54(97-63)58(71)82-2)95-62-45(68-70-66)49(86-32-38-22-12-6-13-23-38)47(43(92-62)36-90-101(73,74)75)94-64-57(100-103(79,80)81)51(88-34-40-26-16-8-17-27-40)53(55(98-64)59(72)83-3)96-61-44(67-69-65)48(85-31-37-20-10-5-11-21-37)46-42(91-61)35-89-60(93-46)41-28-18-9-19-29-41/h4-29,42-57,60-64H,1,30-36H2,2-3H3,(H,73,74,75)(H,76,77,78)(H,79,80,81)/t42-,43-,44-,45-,46-,47-,48-,49-,50+,51+,52+,53+,54-,55-,56-,57-,60-,61-,62-,63-,64-/m1/s1. The van der Waals surface area contributed by atoms with Gasteiger partial charge < -0.3 is 75.8 Å². The summed E-state index contributed by atoms with van der Waals surface area (Å²) in [5, 5.41) is 8.05. The Bertz CT molecular complexity index is 4030. The Morgan fingerprint density at radius 2 is 0.903 bits per heavy atom. The Morgan fingerprint density at radius 3 is 1.34 bits per heavy atom. The molecule has 103 heavy (non-hydrogen) atoms. The topological polar surface area (TPSA) is 470 Å². The summed E-state index contributed by atoms with van der Waals surface area (Å²) in [4.78, 5) is 34.9. The number of esters is 2. The zero-order chi connectivity index (χ0) is 73.3. The highest BCUT2D eigenvalue weighted by Crippen LogP contribution is 2.43. The van der Waals surface area contributed by atoms with Gasteiger partial charge in [-0.1, -0.05) is 168 Å². The number of carbonyl (C=O) groups is 2. The van der Waals surface area contributed by atoms with E-state index in [1.54, 1.807) is 152 Å². The molecule has 10 rings (SSSR count). The lowest BCUT2D eigenvalue weighted by Gasteiger charge is -2.51. The van der Waals surface area contributed by atoms with Gasteiger partial charge in [0.25, 0.3) is 0 Å². The molecule has 5 saturated heterocycles. The Labute approximate surface area is 590 Å². The summed E-state index contributed by atoms with van der Waals surface area (Å²) in [6, 6.07) is 38.2. The lowest BCUT2D eigenvalue weighted by atomic mass is 9.93. The number of hydrogen-bond donors (Lipinski definition) is 3. The van der Waals surface area contributed by atoms with E-state index in [4.69, 9.17) is 88.3 Å². The Balaban J connectivity index is 1.08. The highest BCUT2D eigenvalue weighted by Gasteiger charge is 2.61. The fraction of sp³-hybridized carbons (Fsp3) is 0.469. The van der Waals surface area contributed by atoms with E-state index in [0.717, 1.165) is 14.2 Å². The van der Waals surface area contributed by atoms with E-state index in [9.17, 15) is 59.6 Å². The van der Waals surface area contributed by atoms with Gasteiger partial charge in [-0.3, -0.25) is 13.7 Å². The predicted molar refractivity (Wildman–Crippen MR) is 346 cm³/mol. The van der Waals surface area contributed by atoms with Gasteiger partial charge in [-0.15, -0.1) is 6.58 Å². The molecule has 5 aromatic rings. The van der Waals surface area contributed by atoms with Crippen molar-refractivity contribution >= 4 is 43.1 Å². The van der Waals surface area contributed by atoms with E-state index in [1.807, 2.05) is 0 Å². The highest BCUT2D eigenvalue weighted by atomic mass is 32.3. The van der Waals surface area contributed by atoms with Crippen LogP contribution in [0.3, 0.4) is 0 Å². The first-order chi connectivity index (χ1) is 49.5. The van der Waals surface area contributed by atoms with Crippen LogP contribution in [-0.2, 0) is 156 Å². The van der Waals surface area contributed by atoms with Gasteiger partial charge >= 0.3 is 43.1 Å². The smallest absolute Gasteiger partial charge is 0.397 e. The summed E-state index contributed by atoms with van der Waals surface area (Å²) in [6.45, 7) is -0.00686. The normalized spacial score (nSPS) is 31.0. The molecule has 5 fully saturated rings. The molecule has 36 nitrogen and oxygen atoms in total. The van der Waals surface area contributed by atoms with Gasteiger partial charge in [-0.2, -0.15) is 25.3 Å². The number of hydrogen-bond acceptors (Lipinski definition) is 29. The highest BCUT2D eigenvalue weighted by molar-refractivity contribution is 7.81. The maximum atomic E-state index is 14.7. The SMILES string of the molecule is C=CCO[C@@H]1O[C@@H](C(=O)OC)[C@@H](O[C@H]2O[C@H](COS(=O)(=O)O)[C@@H](O[C@@H]3O[C@@H](C(=O)OC)[C@@H](O[C@H]4O[C@@H]5CO[C@@H](c6ccccc6)O[C@H]5[C@H](OCc5ccccc5)[C@H]4N=[N+]=[N-])[C@H](OCc4ccccc4)[C@H]3OS(=O)(=O)O)[C@H](OCc3ccccc3)[C@H]2N=[N+]=[N-])[C@H](OCc2ccccc2)[C@H]1OS(=O)(=O)O. The molecule has 0 radical (unpaired) electrons. The molecule has 0 spiro atoms. The van der Waals surface area contributed by atoms with Crippen LogP contribution in [0.25, 0.3) is 20.9 Å². The molecule has 5 heterocycles. The third kappa shape index (κ3) is 21.1. The second-order valence-electron chi connectivity index (χ2n) is 23.2. The van der Waals surface area contributed by atoms with Gasteiger partial charge in [0, 0.05) is 15.4 Å². The number of rotatable bonds is 33. The molecule has 3 N–H and O–H groups in total. The van der Waals surface area contributed by atoms with Crippen molar-refractivity contribution in [3.05, 3.63) is 213 Å².